The van der Waals surface area contributed by atoms with E-state index in [1.54, 1.807) is 28.6 Å². The molecule has 1 saturated carbocycles. The Hall–Kier alpha value is -2.18. The van der Waals surface area contributed by atoms with E-state index >= 15 is 0 Å². The molecule has 0 heterocycles. The molecular weight excluding hydrogens is 360 g/mol. The number of hydrogen-bond donors (Lipinski definition) is 1. The maximum atomic E-state index is 13.2. The lowest BCUT2D eigenvalue weighted by molar-refractivity contribution is -0.114. The lowest BCUT2D eigenvalue weighted by atomic mass is 10.0. The van der Waals surface area contributed by atoms with Crippen molar-refractivity contribution in [1.82, 2.24) is 4.31 Å². The van der Waals surface area contributed by atoms with Gasteiger partial charge in [-0.15, -0.1) is 0 Å². The number of amides is 1. The lowest BCUT2D eigenvalue weighted by Crippen LogP contribution is -2.32. The third-order valence-corrected chi connectivity index (χ3v) is 6.63. The Labute approximate surface area is 161 Å². The lowest BCUT2D eigenvalue weighted by Gasteiger charge is -2.22. The summed E-state index contributed by atoms with van der Waals surface area (Å²) in [5, 5.41) is 2.65. The first-order valence-corrected chi connectivity index (χ1v) is 10.7. The number of benzene rings is 2. The first kappa shape index (κ1) is 19.6. The van der Waals surface area contributed by atoms with Crippen molar-refractivity contribution >= 4 is 21.6 Å². The summed E-state index contributed by atoms with van der Waals surface area (Å²) in [6.07, 6.45) is 1.79. The van der Waals surface area contributed by atoms with Crippen LogP contribution in [0.25, 0.3) is 0 Å². The summed E-state index contributed by atoms with van der Waals surface area (Å²) in [6, 6.07) is 14.6. The van der Waals surface area contributed by atoms with E-state index in [0.29, 0.717) is 18.2 Å². The molecule has 0 aromatic heterocycles. The minimum atomic E-state index is -3.59. The van der Waals surface area contributed by atoms with Gasteiger partial charge in [0.05, 0.1) is 4.90 Å². The maximum Gasteiger partial charge on any atom is 0.243 e. The summed E-state index contributed by atoms with van der Waals surface area (Å²) >= 11 is 0. The summed E-state index contributed by atoms with van der Waals surface area (Å²) in [5.74, 6) is 0.263. The van der Waals surface area contributed by atoms with Gasteiger partial charge in [-0.3, -0.25) is 4.79 Å². The summed E-state index contributed by atoms with van der Waals surface area (Å²) in [7, 11) is -3.59. The van der Waals surface area contributed by atoms with E-state index in [9.17, 15) is 13.2 Å². The Morgan fingerprint density at radius 3 is 2.15 bits per heavy atom. The van der Waals surface area contributed by atoms with Gasteiger partial charge in [-0.2, -0.15) is 4.31 Å². The molecule has 0 radical (unpaired) electrons. The van der Waals surface area contributed by atoms with Gasteiger partial charge in [0.25, 0.3) is 0 Å². The molecule has 2 aromatic rings. The zero-order chi connectivity index (χ0) is 19.6. The highest BCUT2D eigenvalue weighted by atomic mass is 32.2. The van der Waals surface area contributed by atoms with E-state index in [-0.39, 0.29) is 16.8 Å². The highest BCUT2D eigenvalue weighted by Crippen LogP contribution is 2.34. The third-order valence-electron chi connectivity index (χ3n) is 4.72. The molecule has 1 aliphatic carbocycles. The Balaban J connectivity index is 1.82. The van der Waals surface area contributed by atoms with Gasteiger partial charge in [0.1, 0.15) is 0 Å². The van der Waals surface area contributed by atoms with Gasteiger partial charge in [-0.25, -0.2) is 8.42 Å². The molecule has 5 nitrogen and oxygen atoms in total. The van der Waals surface area contributed by atoms with Crippen molar-refractivity contribution in [3.05, 3.63) is 59.7 Å². The quantitative estimate of drug-likeness (QED) is 0.778. The molecule has 0 atom stereocenters. The van der Waals surface area contributed by atoms with Gasteiger partial charge < -0.3 is 5.32 Å². The Morgan fingerprint density at radius 2 is 1.67 bits per heavy atom. The fourth-order valence-corrected chi connectivity index (χ4v) is 4.68. The average molecular weight is 387 g/mol. The van der Waals surface area contributed by atoms with Crippen LogP contribution in [0.3, 0.4) is 0 Å². The van der Waals surface area contributed by atoms with Crippen LogP contribution in [0.1, 0.15) is 50.7 Å². The van der Waals surface area contributed by atoms with Crippen LogP contribution in [0.15, 0.2) is 53.4 Å². The molecule has 144 valence electrons. The largest absolute Gasteiger partial charge is 0.326 e. The molecule has 0 bridgehead atoms. The van der Waals surface area contributed by atoms with Gasteiger partial charge in [0, 0.05) is 25.2 Å². The van der Waals surface area contributed by atoms with Gasteiger partial charge in [0.2, 0.25) is 15.9 Å². The number of sulfonamides is 1. The number of carbonyl (C=O) groups is 1. The molecule has 6 heteroatoms. The third kappa shape index (κ3) is 4.76. The fourth-order valence-electron chi connectivity index (χ4n) is 3.01. The minimum Gasteiger partial charge on any atom is -0.326 e. The fraction of sp³-hybridized carbons (Fsp3) is 0.381. The topological polar surface area (TPSA) is 66.5 Å². The van der Waals surface area contributed by atoms with Crippen LogP contribution < -0.4 is 5.32 Å². The van der Waals surface area contributed by atoms with E-state index in [0.717, 1.165) is 18.4 Å². The first-order chi connectivity index (χ1) is 12.8. The minimum absolute atomic E-state index is 0.0646. The molecule has 0 spiro atoms. The van der Waals surface area contributed by atoms with Crippen molar-refractivity contribution in [3.63, 3.8) is 0 Å². The normalized spacial score (nSPS) is 14.6. The van der Waals surface area contributed by atoms with Crippen LogP contribution in [-0.2, 0) is 21.4 Å². The van der Waals surface area contributed by atoms with Crippen molar-refractivity contribution in [2.75, 3.05) is 5.32 Å². The van der Waals surface area contributed by atoms with E-state index in [4.69, 9.17) is 0 Å². The number of carbonyl (C=O) groups excluding carboxylic acids is 1. The predicted octanol–water partition coefficient (Wildman–Crippen LogP) is 4.12. The zero-order valence-electron chi connectivity index (χ0n) is 16.0. The summed E-state index contributed by atoms with van der Waals surface area (Å²) in [5.41, 5.74) is 2.82. The van der Waals surface area contributed by atoms with Crippen molar-refractivity contribution in [3.8, 4) is 0 Å². The van der Waals surface area contributed by atoms with Crippen LogP contribution in [-0.4, -0.2) is 24.7 Å². The molecule has 0 saturated heterocycles. The molecule has 27 heavy (non-hydrogen) atoms. The smallest absolute Gasteiger partial charge is 0.243 e. The van der Waals surface area contributed by atoms with Crippen LogP contribution >= 0.6 is 0 Å². The highest BCUT2D eigenvalue weighted by Gasteiger charge is 2.38. The van der Waals surface area contributed by atoms with Gasteiger partial charge in [0.15, 0.2) is 0 Å². The molecule has 1 N–H and O–H groups in total. The summed E-state index contributed by atoms with van der Waals surface area (Å²) in [4.78, 5) is 11.4. The van der Waals surface area contributed by atoms with E-state index in [1.807, 2.05) is 12.1 Å². The van der Waals surface area contributed by atoms with Crippen molar-refractivity contribution < 1.29 is 13.2 Å². The van der Waals surface area contributed by atoms with Gasteiger partial charge >= 0.3 is 0 Å². The number of anilines is 1. The molecule has 0 unspecified atom stereocenters. The van der Waals surface area contributed by atoms with E-state index in [2.05, 4.69) is 31.3 Å². The van der Waals surface area contributed by atoms with Crippen LogP contribution in [0, 0.1) is 0 Å². The standard InChI is InChI=1S/C21H26N2O3S/c1-15(2)18-6-4-17(5-7-18)14-23(20-10-11-20)27(25,26)21-12-8-19(9-13-21)22-16(3)24/h4-9,12-13,15,20H,10-11,14H2,1-3H3,(H,22,24). The molecular formula is C21H26N2O3S. The molecule has 3 rings (SSSR count). The van der Waals surface area contributed by atoms with Gasteiger partial charge in [-0.05, 0) is 54.2 Å². The number of hydrogen-bond acceptors (Lipinski definition) is 3. The maximum absolute atomic E-state index is 13.2. The second-order valence-corrected chi connectivity index (χ2v) is 9.27. The van der Waals surface area contributed by atoms with Crippen molar-refractivity contribution in [2.45, 2.75) is 57.0 Å². The Bertz CT molecular complexity index is 899. The van der Waals surface area contributed by atoms with Crippen LogP contribution in [0.5, 0.6) is 0 Å². The van der Waals surface area contributed by atoms with Crippen LogP contribution in [0.4, 0.5) is 5.69 Å². The monoisotopic (exact) mass is 386 g/mol. The van der Waals surface area contributed by atoms with Crippen molar-refractivity contribution in [1.29, 1.82) is 0 Å². The first-order valence-electron chi connectivity index (χ1n) is 9.25. The molecule has 1 aliphatic rings. The van der Waals surface area contributed by atoms with Crippen LogP contribution in [0.2, 0.25) is 0 Å². The highest BCUT2D eigenvalue weighted by molar-refractivity contribution is 7.89. The number of nitrogens with zero attached hydrogens (tertiary/aromatic N) is 1. The van der Waals surface area contributed by atoms with Gasteiger partial charge in [-0.1, -0.05) is 38.1 Å². The Morgan fingerprint density at radius 1 is 1.07 bits per heavy atom. The zero-order valence-corrected chi connectivity index (χ0v) is 16.8. The number of nitrogens with one attached hydrogen (secondary N) is 1. The predicted molar refractivity (Wildman–Crippen MR) is 107 cm³/mol. The molecule has 1 amide bonds. The second kappa shape index (κ2) is 7.82. The van der Waals surface area contributed by atoms with E-state index < -0.39 is 10.0 Å². The molecule has 1 fully saturated rings. The SMILES string of the molecule is CC(=O)Nc1ccc(S(=O)(=O)N(Cc2ccc(C(C)C)cc2)C2CC2)cc1. The number of rotatable bonds is 7. The van der Waals surface area contributed by atoms with E-state index in [1.165, 1.54) is 12.5 Å². The second-order valence-electron chi connectivity index (χ2n) is 7.38. The molecule has 0 aliphatic heterocycles. The average Bonchev–Trinajstić information content (AvgIpc) is 3.44. The summed E-state index contributed by atoms with van der Waals surface area (Å²) < 4.78 is 27.9. The molecule has 2 aromatic carbocycles. The Kier molecular flexibility index (Phi) is 5.67. The summed E-state index contributed by atoms with van der Waals surface area (Å²) in [6.45, 7) is 6.07. The van der Waals surface area contributed by atoms with Crippen molar-refractivity contribution in [2.24, 2.45) is 0 Å².